The molecule has 0 aliphatic carbocycles. The molecule has 9 heteroatoms. The second-order valence-corrected chi connectivity index (χ2v) is 8.46. The number of carbonyl (C=O) groups is 1. The molecule has 1 aliphatic rings. The third-order valence-corrected chi connectivity index (χ3v) is 6.11. The predicted octanol–water partition coefficient (Wildman–Crippen LogP) is 3.98. The first-order valence-corrected chi connectivity index (χ1v) is 11.4. The van der Waals surface area contributed by atoms with Crippen LogP contribution in [0.5, 0.6) is 5.75 Å². The lowest BCUT2D eigenvalue weighted by Crippen LogP contribution is -2.32. The number of nitrogens with zero attached hydrogens (tertiary/aromatic N) is 3. The maximum Gasteiger partial charge on any atom is 0.230 e. The van der Waals surface area contributed by atoms with Crippen molar-refractivity contribution in [3.8, 4) is 22.8 Å². The number of halogens is 1. The molecule has 1 amide bonds. The molecule has 1 aliphatic heterocycles. The van der Waals surface area contributed by atoms with Gasteiger partial charge < -0.3 is 14.8 Å². The van der Waals surface area contributed by atoms with E-state index in [9.17, 15) is 4.79 Å². The Morgan fingerprint density at radius 2 is 2.13 bits per heavy atom. The van der Waals surface area contributed by atoms with E-state index in [0.717, 1.165) is 36.4 Å². The highest BCUT2D eigenvalue weighted by Gasteiger charge is 2.19. The number of hydrogen-bond acceptors (Lipinski definition) is 6. The van der Waals surface area contributed by atoms with Crippen molar-refractivity contribution >= 4 is 29.3 Å². The summed E-state index contributed by atoms with van der Waals surface area (Å²) in [5.74, 6) is 1.56. The van der Waals surface area contributed by atoms with E-state index in [-0.39, 0.29) is 17.8 Å². The maximum absolute atomic E-state index is 12.3. The lowest BCUT2D eigenvalue weighted by atomic mass is 10.2. The summed E-state index contributed by atoms with van der Waals surface area (Å²) in [4.78, 5) is 12.3. The van der Waals surface area contributed by atoms with Crippen molar-refractivity contribution in [1.82, 2.24) is 20.1 Å². The lowest BCUT2D eigenvalue weighted by Gasteiger charge is -2.12. The molecule has 1 aromatic heterocycles. The summed E-state index contributed by atoms with van der Waals surface area (Å²) >= 11 is 7.41. The summed E-state index contributed by atoms with van der Waals surface area (Å²) in [5, 5.41) is 13.0. The monoisotopic (exact) mass is 458 g/mol. The molecular weight excluding hydrogens is 436 g/mol. The molecular formula is C22H23ClN4O3S. The van der Waals surface area contributed by atoms with Crippen LogP contribution in [-0.2, 0) is 9.53 Å². The average Bonchev–Trinajstić information content (AvgIpc) is 3.47. The van der Waals surface area contributed by atoms with Gasteiger partial charge in [0.25, 0.3) is 0 Å². The van der Waals surface area contributed by atoms with Crippen LogP contribution in [0.25, 0.3) is 17.1 Å². The highest BCUT2D eigenvalue weighted by molar-refractivity contribution is 7.99. The first kappa shape index (κ1) is 21.7. The van der Waals surface area contributed by atoms with E-state index in [0.29, 0.717) is 22.5 Å². The Morgan fingerprint density at radius 3 is 2.87 bits per heavy atom. The van der Waals surface area contributed by atoms with Crippen molar-refractivity contribution in [1.29, 1.82) is 0 Å². The number of aromatic nitrogens is 3. The van der Waals surface area contributed by atoms with Crippen molar-refractivity contribution in [2.24, 2.45) is 0 Å². The van der Waals surface area contributed by atoms with Gasteiger partial charge >= 0.3 is 0 Å². The number of ether oxygens (including phenoxy) is 2. The van der Waals surface area contributed by atoms with Crippen molar-refractivity contribution in [3.05, 3.63) is 53.6 Å². The summed E-state index contributed by atoms with van der Waals surface area (Å²) in [5.41, 5.74) is 1.71. The largest absolute Gasteiger partial charge is 0.497 e. The molecule has 1 atom stereocenters. The number of hydrogen-bond donors (Lipinski definition) is 1. The molecule has 0 spiro atoms. The zero-order chi connectivity index (χ0) is 21.6. The van der Waals surface area contributed by atoms with E-state index in [2.05, 4.69) is 15.5 Å². The quantitative estimate of drug-likeness (QED) is 0.514. The first-order chi connectivity index (χ1) is 15.1. The van der Waals surface area contributed by atoms with Gasteiger partial charge in [0.1, 0.15) is 5.75 Å². The summed E-state index contributed by atoms with van der Waals surface area (Å²) in [7, 11) is 1.62. The Hall–Kier alpha value is -2.55. The van der Waals surface area contributed by atoms with E-state index in [4.69, 9.17) is 21.1 Å². The van der Waals surface area contributed by atoms with E-state index >= 15 is 0 Å². The molecule has 162 valence electrons. The summed E-state index contributed by atoms with van der Waals surface area (Å²) in [6, 6.07) is 15.1. The van der Waals surface area contributed by atoms with Crippen LogP contribution in [0.15, 0.2) is 53.7 Å². The van der Waals surface area contributed by atoms with Gasteiger partial charge in [-0.05, 0) is 49.2 Å². The maximum atomic E-state index is 12.3. The molecule has 31 heavy (non-hydrogen) atoms. The smallest absolute Gasteiger partial charge is 0.230 e. The van der Waals surface area contributed by atoms with Crippen molar-refractivity contribution < 1.29 is 14.3 Å². The first-order valence-electron chi connectivity index (χ1n) is 10.0. The van der Waals surface area contributed by atoms with E-state index in [1.807, 2.05) is 53.1 Å². The van der Waals surface area contributed by atoms with Crippen LogP contribution in [0.2, 0.25) is 5.02 Å². The summed E-state index contributed by atoms with van der Waals surface area (Å²) in [6.45, 7) is 1.31. The minimum Gasteiger partial charge on any atom is -0.497 e. The SMILES string of the molecule is COc1cccc(-c2nnc(SCC(=O)NCC3CCCO3)n2-c2ccc(Cl)cc2)c1. The molecule has 2 heterocycles. The number of methoxy groups -OCH3 is 1. The average molecular weight is 459 g/mol. The molecule has 3 aromatic rings. The molecule has 1 unspecified atom stereocenters. The third kappa shape index (κ3) is 5.39. The lowest BCUT2D eigenvalue weighted by molar-refractivity contribution is -0.119. The number of nitrogens with one attached hydrogen (secondary N) is 1. The third-order valence-electron chi connectivity index (χ3n) is 4.93. The van der Waals surface area contributed by atoms with E-state index < -0.39 is 0 Å². The van der Waals surface area contributed by atoms with Gasteiger partial charge in [-0.3, -0.25) is 9.36 Å². The van der Waals surface area contributed by atoms with Gasteiger partial charge in [-0.2, -0.15) is 0 Å². The molecule has 1 saturated heterocycles. The van der Waals surface area contributed by atoms with Crippen LogP contribution in [-0.4, -0.2) is 52.8 Å². The minimum atomic E-state index is -0.0610. The molecule has 2 aromatic carbocycles. The molecule has 4 rings (SSSR count). The second kappa shape index (κ2) is 10.2. The minimum absolute atomic E-state index is 0.0610. The van der Waals surface area contributed by atoms with Crippen LogP contribution < -0.4 is 10.1 Å². The van der Waals surface area contributed by atoms with Crippen molar-refractivity contribution in [2.45, 2.75) is 24.1 Å². The highest BCUT2D eigenvalue weighted by Crippen LogP contribution is 2.30. The van der Waals surface area contributed by atoms with Crippen LogP contribution in [0.3, 0.4) is 0 Å². The van der Waals surface area contributed by atoms with Crippen molar-refractivity contribution in [3.63, 3.8) is 0 Å². The Balaban J connectivity index is 1.56. The van der Waals surface area contributed by atoms with Crippen LogP contribution in [0.4, 0.5) is 0 Å². The van der Waals surface area contributed by atoms with Gasteiger partial charge in [0, 0.05) is 29.4 Å². The summed E-state index contributed by atoms with van der Waals surface area (Å²) in [6.07, 6.45) is 2.15. The van der Waals surface area contributed by atoms with Gasteiger partial charge in [0.05, 0.1) is 19.0 Å². The van der Waals surface area contributed by atoms with Gasteiger partial charge in [0.2, 0.25) is 5.91 Å². The van der Waals surface area contributed by atoms with E-state index in [1.165, 1.54) is 11.8 Å². The molecule has 0 bridgehead atoms. The van der Waals surface area contributed by atoms with Crippen LogP contribution in [0.1, 0.15) is 12.8 Å². The normalized spacial score (nSPS) is 15.7. The number of amides is 1. The summed E-state index contributed by atoms with van der Waals surface area (Å²) < 4.78 is 12.8. The van der Waals surface area contributed by atoms with Crippen LogP contribution in [0, 0.1) is 0 Å². The molecule has 1 fully saturated rings. The zero-order valence-corrected chi connectivity index (χ0v) is 18.7. The molecule has 1 N–H and O–H groups in total. The Morgan fingerprint density at radius 1 is 1.29 bits per heavy atom. The molecule has 7 nitrogen and oxygen atoms in total. The molecule has 0 radical (unpaired) electrons. The fourth-order valence-corrected chi connectivity index (χ4v) is 4.26. The Kier molecular flexibility index (Phi) is 7.11. The van der Waals surface area contributed by atoms with Crippen molar-refractivity contribution in [2.75, 3.05) is 26.0 Å². The zero-order valence-electron chi connectivity index (χ0n) is 17.1. The number of thioether (sulfide) groups is 1. The van der Waals surface area contributed by atoms with Gasteiger partial charge in [-0.15, -0.1) is 10.2 Å². The number of benzene rings is 2. The highest BCUT2D eigenvalue weighted by atomic mass is 35.5. The van der Waals surface area contributed by atoms with Gasteiger partial charge in [0.15, 0.2) is 11.0 Å². The van der Waals surface area contributed by atoms with Gasteiger partial charge in [-0.1, -0.05) is 35.5 Å². The topological polar surface area (TPSA) is 78.3 Å². The van der Waals surface area contributed by atoms with Crippen LogP contribution >= 0.6 is 23.4 Å². The second-order valence-electron chi connectivity index (χ2n) is 7.08. The standard InChI is InChI=1S/C22H23ClN4O3S/c1-29-18-5-2-4-15(12-18)21-25-26-22(27(21)17-9-7-16(23)8-10-17)31-14-20(28)24-13-19-6-3-11-30-19/h2,4-5,7-10,12,19H,3,6,11,13-14H2,1H3,(H,24,28). The molecule has 0 saturated carbocycles. The van der Waals surface area contributed by atoms with Gasteiger partial charge in [-0.25, -0.2) is 0 Å². The van der Waals surface area contributed by atoms with E-state index in [1.54, 1.807) is 7.11 Å². The number of carbonyl (C=O) groups excluding carboxylic acids is 1. The fraction of sp³-hybridized carbons (Fsp3) is 0.318. The number of rotatable bonds is 8. The predicted molar refractivity (Wildman–Crippen MR) is 121 cm³/mol. The fourth-order valence-electron chi connectivity index (χ4n) is 3.35. The Bertz CT molecular complexity index is 1040. The Labute approximate surface area is 190 Å².